The molecule has 0 saturated carbocycles. The van der Waals surface area contributed by atoms with Crippen molar-refractivity contribution >= 4 is 9.42 Å². The van der Waals surface area contributed by atoms with Gasteiger partial charge < -0.3 is 18.8 Å². The van der Waals surface area contributed by atoms with Crippen molar-refractivity contribution < 1.29 is 87.2 Å². The summed E-state index contributed by atoms with van der Waals surface area (Å²) >= 11 is 1.61. The van der Waals surface area contributed by atoms with Crippen LogP contribution in [0, 0.1) is 156 Å². The summed E-state index contributed by atoms with van der Waals surface area (Å²) in [6.07, 6.45) is 73.2. The van der Waals surface area contributed by atoms with E-state index in [2.05, 4.69) is 218 Å². The Kier molecular flexibility index (Phi) is 66.9. The zero-order chi connectivity index (χ0) is 104. The average molecular weight is 2530 g/mol. The van der Waals surface area contributed by atoms with Gasteiger partial charge in [-0.15, -0.1) is 41.8 Å². The summed E-state index contributed by atoms with van der Waals surface area (Å²) in [5, 5.41) is 0. The van der Waals surface area contributed by atoms with E-state index in [0.29, 0.717) is 45.3 Å². The Balaban J connectivity index is 0.000000366. The predicted octanol–water partition coefficient (Wildman–Crippen LogP) is 35.5. The first kappa shape index (κ1) is 126. The monoisotopic (exact) mass is 2530 g/mol. The van der Waals surface area contributed by atoms with Crippen LogP contribution in [0.15, 0.2) is 201 Å². The molecule has 0 atom stereocenters. The fraction of sp³-hybridized carbons (Fsp3) is 0.374. The summed E-state index contributed by atoms with van der Waals surface area (Å²) in [5.41, 5.74) is 13.7. The van der Waals surface area contributed by atoms with Gasteiger partial charge in [0.25, 0.3) is 0 Å². The number of pyridine rings is 6. The van der Waals surface area contributed by atoms with E-state index in [-0.39, 0.29) is 75.5 Å². The quantitative estimate of drug-likeness (QED) is 0.0164. The first-order valence-corrected chi connectivity index (χ1v) is 54.9. The molecule has 12 aromatic rings. The third kappa shape index (κ3) is 50.0. The molecule has 0 bridgehead atoms. The Hall–Kier alpha value is -11.4. The van der Waals surface area contributed by atoms with E-state index in [1.165, 1.54) is 229 Å². The van der Waals surface area contributed by atoms with Crippen molar-refractivity contribution in [2.75, 3.05) is 0 Å². The van der Waals surface area contributed by atoms with Crippen LogP contribution in [0.2, 0.25) is 0 Å². The molecule has 147 heavy (non-hydrogen) atoms. The van der Waals surface area contributed by atoms with E-state index >= 15 is 0 Å². The molecule has 0 aliphatic rings. The van der Waals surface area contributed by atoms with Gasteiger partial charge in [0, 0.05) is 135 Å². The maximum absolute atomic E-state index is 15.0. The number of rotatable bonds is 44. The molecule has 0 fully saturated rings. The fourth-order valence-corrected chi connectivity index (χ4v) is 15.6. The Bertz CT molecular complexity index is 6030. The van der Waals surface area contributed by atoms with Crippen LogP contribution in [-0.4, -0.2) is 29.9 Å². The molecule has 0 amide bonds. The molecule has 0 saturated heterocycles. The van der Waals surface area contributed by atoms with Crippen LogP contribution >= 0.6 is 9.42 Å². The molecule has 16 heteroatoms. The van der Waals surface area contributed by atoms with Crippen LogP contribution in [0.25, 0.3) is 67.5 Å². The number of benzene rings is 6. The summed E-state index contributed by atoms with van der Waals surface area (Å²) < 4.78 is 88.5. The van der Waals surface area contributed by atoms with Crippen molar-refractivity contribution in [1.82, 2.24) is 29.9 Å². The molecule has 0 radical (unpaired) electrons. The molecule has 6 heterocycles. The van der Waals surface area contributed by atoms with Gasteiger partial charge in [0.05, 0.1) is 34.9 Å². The van der Waals surface area contributed by atoms with Crippen LogP contribution < -0.4 is 0 Å². The largest absolute Gasteiger partial charge is 2.00 e. The molecule has 0 aliphatic carbocycles. The normalized spacial score (nSPS) is 10.0. The number of nitrogens with zero attached hydrogens (tertiary/aromatic N) is 6. The third-order valence-electron chi connectivity index (χ3n) is 23.9. The van der Waals surface area contributed by atoms with E-state index < -0.39 is 34.9 Å². The predicted molar refractivity (Wildman–Crippen MR) is 585 cm³/mol. The Labute approximate surface area is 921 Å². The Morgan fingerprint density at radius 3 is 0.673 bits per heavy atom. The SMILES string of the molecule is CC#Cc1ccc(-c2[c-]c(-c3ccc(C#CCCCCCCCCCC)cn3)c(F)cc2F)nc1.CCCCCCCCCCC#Cc1ccc(-c2[c-]c(-c3ccc(C#CCCCCCCCCCC)cn3)c(F)cc2F)nc1.CCCCCCCCc1ccc(C#Cc2ccc(-c3[c-]c(-c4ccc(C#Cc5ccc(CCCCCCCC)cc5)cn4)c(F)cc3F)nc2)cc1.[C-]#CC.[C-]#Cc1ccc(C)cc1.[Cl][Pt+].[Pt+2].[Pt+2]. The van der Waals surface area contributed by atoms with Gasteiger partial charge in [-0.1, -0.05) is 465 Å². The van der Waals surface area contributed by atoms with Gasteiger partial charge in [0.15, 0.2) is 0 Å². The fourth-order valence-electron chi connectivity index (χ4n) is 15.6. The molecule has 0 unspecified atom stereocenters. The maximum Gasteiger partial charge on any atom is 2.00 e. The second-order valence-corrected chi connectivity index (χ2v) is 35.9. The number of halogens is 7. The van der Waals surface area contributed by atoms with Gasteiger partial charge in [-0.25, -0.2) is 0 Å². The number of aromatic nitrogens is 6. The second kappa shape index (κ2) is 77.9. The van der Waals surface area contributed by atoms with Crippen LogP contribution in [0.1, 0.15) is 366 Å². The van der Waals surface area contributed by atoms with Crippen LogP contribution in [-0.2, 0) is 73.7 Å². The summed E-state index contributed by atoms with van der Waals surface area (Å²) in [7, 11) is 4.61. The Morgan fingerprint density at radius 1 is 0.259 bits per heavy atom. The van der Waals surface area contributed by atoms with Crippen LogP contribution in [0.5, 0.6) is 0 Å². The zero-order valence-electron chi connectivity index (χ0n) is 86.8. The van der Waals surface area contributed by atoms with Crippen molar-refractivity contribution in [2.24, 2.45) is 0 Å². The third-order valence-corrected chi connectivity index (χ3v) is 23.9. The summed E-state index contributed by atoms with van der Waals surface area (Å²) in [4.78, 5) is 26.2. The first-order valence-electron chi connectivity index (χ1n) is 52.1. The van der Waals surface area contributed by atoms with Crippen molar-refractivity contribution in [3.8, 4) is 150 Å². The van der Waals surface area contributed by atoms with Gasteiger partial charge in [-0.3, -0.25) is 62.2 Å². The van der Waals surface area contributed by atoms with E-state index in [4.69, 9.17) is 12.8 Å². The molecule has 6 aromatic heterocycles. The van der Waals surface area contributed by atoms with E-state index in [9.17, 15) is 26.3 Å². The van der Waals surface area contributed by atoms with Gasteiger partial charge in [0.2, 0.25) is 0 Å². The first-order chi connectivity index (χ1) is 71.0. The van der Waals surface area contributed by atoms with Crippen molar-refractivity contribution in [3.63, 3.8) is 0 Å². The molecule has 0 aliphatic heterocycles. The molecular weight excluding hydrogens is 2390 g/mol. The molecule has 6 aromatic carbocycles. The van der Waals surface area contributed by atoms with E-state index in [1.807, 2.05) is 49.2 Å². The summed E-state index contributed by atoms with van der Waals surface area (Å²) in [6, 6.07) is 56.5. The summed E-state index contributed by atoms with van der Waals surface area (Å²) in [5.74, 6) is 37.3. The van der Waals surface area contributed by atoms with Gasteiger partial charge in [0.1, 0.15) is 0 Å². The smallest absolute Gasteiger partial charge is 2.00 e. The summed E-state index contributed by atoms with van der Waals surface area (Å²) in [6.45, 7) is 16.5. The van der Waals surface area contributed by atoms with Crippen LogP contribution in [0.4, 0.5) is 26.3 Å². The maximum atomic E-state index is 15.0. The van der Waals surface area contributed by atoms with Crippen molar-refractivity contribution in [1.29, 1.82) is 0 Å². The number of hydrogen-bond acceptors (Lipinski definition) is 6. The minimum Gasteiger partial charge on any atom is 2.00 e. The van der Waals surface area contributed by atoms with Crippen LogP contribution in [0.3, 0.4) is 0 Å². The molecular formula is C131H139ClF6N6Pt3. The van der Waals surface area contributed by atoms with Crippen molar-refractivity contribution in [3.05, 3.63) is 334 Å². The number of hydrogen-bond donors (Lipinski definition) is 0. The van der Waals surface area contributed by atoms with E-state index in [0.717, 1.165) is 109 Å². The minimum absolute atomic E-state index is 0. The standard InChI is InChI=1S/C48H49F2N2.C40H49F2N2.C31H31F2N2.C9H7.C3H3.ClH.3Pt/c1-3-5-7-9-11-13-15-37-17-21-39(22-18-37)25-27-41-29-31-47(51-35-41)43-33-44(46(50)34-45(43)49)48-32-30-42(36-52-48)28-26-40-23-19-38(20-24-40)16-14-12-10-8-6-4-2;1-3-5-7-9-11-13-15-17-19-21-23-33-25-27-39(43-31-33)35-29-36(38(42)30-37(35)41)40-28-26-34(32-44-40)24-22-20-18-16-14-12-10-8-6-4-2;1-3-5-6-7-8-9-10-11-12-13-15-25-17-19-31(35-23-25)27-20-26(28(32)21-29(27)33)30-18-16-24(14-4-2)22-34-30;1-3-9-6-4-8(2)5-7-9;1-3-2;;;;/h17-24,29-32,34-36H,3-16H2,1-2H3;25-28,30-32H,3-20H2,1-2H3;16-19,21-23H,3,5-12H2,1-2H3;4-7H,2H3;1H3;1H;;;/q5*-1;;3*+2/p-1. The average Bonchev–Trinajstić information content (AvgIpc) is 0.803. The van der Waals surface area contributed by atoms with Crippen molar-refractivity contribution in [2.45, 2.75) is 319 Å². The van der Waals surface area contributed by atoms with Gasteiger partial charge in [-0.05, 0) is 101 Å². The number of unbranched alkanes of at least 4 members (excludes halogenated alkanes) is 34. The number of aryl methyl sites for hydroxylation is 3. The van der Waals surface area contributed by atoms with Gasteiger partial charge in [-0.2, -0.15) is 0 Å². The van der Waals surface area contributed by atoms with Gasteiger partial charge >= 0.3 is 70.3 Å². The molecule has 0 N–H and O–H groups in total. The molecule has 772 valence electrons. The Morgan fingerprint density at radius 2 is 0.456 bits per heavy atom. The van der Waals surface area contributed by atoms with E-state index in [1.54, 1.807) is 130 Å². The molecule has 6 nitrogen and oxygen atoms in total. The molecule has 0 spiro atoms. The topological polar surface area (TPSA) is 77.3 Å². The second-order valence-electron chi connectivity index (χ2n) is 35.9. The zero-order valence-corrected chi connectivity index (χ0v) is 94.4. The minimum atomic E-state index is -0.742. The molecule has 12 rings (SSSR count).